The van der Waals surface area contributed by atoms with E-state index >= 15 is 0 Å². The average molecular weight is 774 g/mol. The second-order valence-corrected chi connectivity index (χ2v) is 12.0. The van der Waals surface area contributed by atoms with E-state index in [-0.39, 0.29) is 21.2 Å². The molecule has 3 N–H and O–H groups in total. The van der Waals surface area contributed by atoms with E-state index in [4.69, 9.17) is 5.73 Å². The van der Waals surface area contributed by atoms with Crippen LogP contribution in [-0.4, -0.2) is 48.9 Å². The summed E-state index contributed by atoms with van der Waals surface area (Å²) in [6.07, 6.45) is 16.6. The minimum Gasteiger partial charge on any atom is -0.382 e. The Balaban J connectivity index is 0.000000157. The second kappa shape index (κ2) is 16.7. The van der Waals surface area contributed by atoms with E-state index < -0.39 is 0 Å². The first-order valence-corrected chi connectivity index (χ1v) is 16.6. The van der Waals surface area contributed by atoms with Crippen molar-refractivity contribution in [1.82, 2.24) is 39.0 Å². The zero-order chi connectivity index (χ0) is 37.2. The van der Waals surface area contributed by atoms with E-state index in [2.05, 4.69) is 51.2 Å². The molecule has 0 fully saturated rings. The third kappa shape index (κ3) is 9.16. The number of pyridine rings is 2. The highest BCUT2D eigenvalue weighted by molar-refractivity contribution is 9.10. The van der Waals surface area contributed by atoms with E-state index in [1.54, 1.807) is 67.6 Å². The van der Waals surface area contributed by atoms with Crippen LogP contribution in [0.5, 0.6) is 0 Å². The van der Waals surface area contributed by atoms with Crippen molar-refractivity contribution in [2.75, 3.05) is 11.1 Å². The number of non-ortho nitro benzene ring substituents is 2. The number of nitrogens with two attached hydrogens (primary N) is 1. The third-order valence-electron chi connectivity index (χ3n) is 7.70. The van der Waals surface area contributed by atoms with Crippen LogP contribution < -0.4 is 11.1 Å². The number of hydrogen-bond donors (Lipinski definition) is 2. The van der Waals surface area contributed by atoms with E-state index in [9.17, 15) is 20.2 Å². The maximum absolute atomic E-state index is 11.2. The van der Waals surface area contributed by atoms with Crippen LogP contribution in [0, 0.1) is 20.2 Å². The maximum atomic E-state index is 11.2. The van der Waals surface area contributed by atoms with Gasteiger partial charge < -0.3 is 20.2 Å². The van der Waals surface area contributed by atoms with E-state index in [1.165, 1.54) is 18.3 Å². The lowest BCUT2D eigenvalue weighted by molar-refractivity contribution is -0.383. The summed E-state index contributed by atoms with van der Waals surface area (Å²) in [7, 11) is 0. The number of halogens is 1. The summed E-state index contributed by atoms with van der Waals surface area (Å²) in [5.74, 6) is 1.73. The van der Waals surface area contributed by atoms with Crippen molar-refractivity contribution in [2.45, 2.75) is 13.1 Å². The van der Waals surface area contributed by atoms with Crippen molar-refractivity contribution in [3.63, 3.8) is 0 Å². The lowest BCUT2D eigenvalue weighted by Crippen LogP contribution is -2.01. The molecule has 0 saturated heterocycles. The molecule has 0 amide bonds. The number of nitrogen functional groups attached to an aromatic ring is 1. The van der Waals surface area contributed by atoms with Gasteiger partial charge in [0.25, 0.3) is 11.4 Å². The maximum Gasteiger partial charge on any atom is 0.278 e. The zero-order valence-electron chi connectivity index (χ0n) is 27.7. The smallest absolute Gasteiger partial charge is 0.278 e. The van der Waals surface area contributed by atoms with Gasteiger partial charge in [0.05, 0.1) is 44.0 Å². The molecule has 0 aliphatic carbocycles. The number of anilines is 3. The van der Waals surface area contributed by atoms with Crippen molar-refractivity contribution in [3.05, 3.63) is 171 Å². The monoisotopic (exact) mass is 772 g/mol. The summed E-state index contributed by atoms with van der Waals surface area (Å²) >= 11 is 3.34. The van der Waals surface area contributed by atoms with Crippen LogP contribution in [0.4, 0.5) is 28.8 Å². The van der Waals surface area contributed by atoms with Gasteiger partial charge in [-0.25, -0.2) is 19.9 Å². The summed E-state index contributed by atoms with van der Waals surface area (Å²) < 4.78 is 4.74. The molecular formula is C36H29BrN12O4. The Morgan fingerprint density at radius 1 is 0.642 bits per heavy atom. The van der Waals surface area contributed by atoms with Crippen LogP contribution in [0.3, 0.4) is 0 Å². The summed E-state index contributed by atoms with van der Waals surface area (Å²) in [6.45, 7) is 1.22. The summed E-state index contributed by atoms with van der Waals surface area (Å²) in [6, 6.07) is 21.4. The number of fused-ring (bicyclic) bond motifs is 2. The molecule has 6 aromatic heterocycles. The molecular weight excluding hydrogens is 744 g/mol. The number of aromatic nitrogens is 8. The fourth-order valence-corrected chi connectivity index (χ4v) is 5.80. The first-order chi connectivity index (χ1) is 25.7. The molecule has 16 nitrogen and oxygen atoms in total. The zero-order valence-corrected chi connectivity index (χ0v) is 29.3. The average Bonchev–Trinajstić information content (AvgIpc) is 3.77. The molecule has 53 heavy (non-hydrogen) atoms. The van der Waals surface area contributed by atoms with Crippen LogP contribution in [-0.2, 0) is 13.1 Å². The number of nitrogens with one attached hydrogen (secondary N) is 1. The predicted octanol–water partition coefficient (Wildman–Crippen LogP) is 7.34. The first kappa shape index (κ1) is 35.7. The molecule has 0 spiro atoms. The van der Waals surface area contributed by atoms with Crippen molar-refractivity contribution < 1.29 is 9.85 Å². The molecule has 0 radical (unpaired) electrons. The van der Waals surface area contributed by atoms with Gasteiger partial charge >= 0.3 is 0 Å². The molecule has 0 atom stereocenters. The highest BCUT2D eigenvalue weighted by Crippen LogP contribution is 2.28. The first-order valence-electron chi connectivity index (χ1n) is 15.8. The van der Waals surface area contributed by atoms with Crippen LogP contribution in [0.1, 0.15) is 11.1 Å². The number of hydrogen-bond acceptors (Lipinski definition) is 12. The molecule has 0 aliphatic rings. The van der Waals surface area contributed by atoms with Gasteiger partial charge in [-0.1, -0.05) is 12.1 Å². The quantitative estimate of drug-likeness (QED) is 0.0882. The topological polar surface area (TPSA) is 212 Å². The van der Waals surface area contributed by atoms with Crippen molar-refractivity contribution >= 4 is 66.6 Å². The van der Waals surface area contributed by atoms with Gasteiger partial charge in [0.1, 0.15) is 22.1 Å². The van der Waals surface area contributed by atoms with Gasteiger partial charge in [-0.3, -0.25) is 30.2 Å². The van der Waals surface area contributed by atoms with Gasteiger partial charge in [-0.15, -0.1) is 0 Å². The minimum atomic E-state index is -0.359. The molecule has 0 saturated carbocycles. The van der Waals surface area contributed by atoms with Crippen molar-refractivity contribution in [2.24, 2.45) is 0 Å². The third-order valence-corrected chi connectivity index (χ3v) is 8.13. The number of nitrogens with zero attached hydrogens (tertiary/aromatic N) is 10. The summed E-state index contributed by atoms with van der Waals surface area (Å²) in [5.41, 5.74) is 9.19. The van der Waals surface area contributed by atoms with Gasteiger partial charge in [-0.05, 0) is 75.6 Å². The predicted molar refractivity (Wildman–Crippen MR) is 203 cm³/mol. The highest BCUT2D eigenvalue weighted by atomic mass is 79.9. The van der Waals surface area contributed by atoms with E-state index in [0.29, 0.717) is 41.3 Å². The Hall–Kier alpha value is -7.14. The number of nitro groups is 2. The molecule has 0 unspecified atom stereocenters. The fraction of sp³-hybridized carbons (Fsp3) is 0.0556. The van der Waals surface area contributed by atoms with Crippen molar-refractivity contribution in [3.8, 4) is 0 Å². The Morgan fingerprint density at radius 3 is 1.68 bits per heavy atom. The van der Waals surface area contributed by atoms with Crippen LogP contribution >= 0.6 is 15.9 Å². The number of benzene rings is 2. The molecule has 2 aromatic carbocycles. The summed E-state index contributed by atoms with van der Waals surface area (Å²) in [4.78, 5) is 45.4. The van der Waals surface area contributed by atoms with Gasteiger partial charge in [-0.2, -0.15) is 0 Å². The molecule has 0 aliphatic heterocycles. The lowest BCUT2D eigenvalue weighted by Gasteiger charge is -2.08. The number of nitro benzene ring substituents is 2. The van der Waals surface area contributed by atoms with Crippen LogP contribution in [0.25, 0.3) is 21.8 Å². The number of rotatable bonds is 8. The normalized spacial score (nSPS) is 10.5. The Kier molecular flexibility index (Phi) is 11.2. The van der Waals surface area contributed by atoms with E-state index in [0.717, 1.165) is 26.8 Å². The van der Waals surface area contributed by atoms with Crippen LogP contribution in [0.15, 0.2) is 139 Å². The standard InChI is InChI=1S/C18H14N6O2.C14H10BrN3O2.C4H5N3/c25-24(26)16-3-1-2-15-14(16)5-9-23(15)12-13-4-6-20-17(10-13)22-18-11-19-7-8-21-18;15-14-8-10(4-6-16-14)9-17-7-5-11-12(17)2-1-3-13(11)18(19)20;5-4-3-6-1-2-7-4/h1-11H,12H2,(H,20,21,22);1-8H,9H2;1-3H,(H2,5,7). The lowest BCUT2D eigenvalue weighted by atomic mass is 10.2. The Morgan fingerprint density at radius 2 is 1.19 bits per heavy atom. The van der Waals surface area contributed by atoms with Gasteiger partial charge in [0.15, 0.2) is 0 Å². The fourth-order valence-electron chi connectivity index (χ4n) is 5.39. The molecule has 8 rings (SSSR count). The second-order valence-electron chi connectivity index (χ2n) is 11.2. The van der Waals surface area contributed by atoms with Gasteiger partial charge in [0.2, 0.25) is 0 Å². The molecule has 264 valence electrons. The summed E-state index contributed by atoms with van der Waals surface area (Å²) in [5, 5.41) is 26.6. The molecule has 0 bridgehead atoms. The molecule has 6 heterocycles. The van der Waals surface area contributed by atoms with Crippen molar-refractivity contribution in [1.29, 1.82) is 0 Å². The highest BCUT2D eigenvalue weighted by Gasteiger charge is 2.15. The Bertz CT molecular complexity index is 2490. The molecule has 17 heteroatoms. The molecule has 8 aromatic rings. The largest absolute Gasteiger partial charge is 0.382 e. The van der Waals surface area contributed by atoms with E-state index in [1.807, 2.05) is 57.9 Å². The SMILES string of the molecule is Nc1cnccn1.O=[N+]([O-])c1cccc2c1ccn2Cc1ccnc(Br)c1.O=[N+]([O-])c1cccc2c1ccn2Cc1ccnc(Nc2cnccn2)c1. The Labute approximate surface area is 309 Å². The minimum absolute atomic E-state index is 0.112. The van der Waals surface area contributed by atoms with Gasteiger partial charge in [0, 0.05) is 74.8 Å². The van der Waals surface area contributed by atoms with Crippen LogP contribution in [0.2, 0.25) is 0 Å².